The molecule has 1 saturated heterocycles. The Balaban J connectivity index is 2.42. The molecule has 0 aromatic heterocycles. The van der Waals surface area contributed by atoms with Crippen LogP contribution in [0.25, 0.3) is 0 Å². The molecule has 2 heteroatoms. The van der Waals surface area contributed by atoms with Crippen molar-refractivity contribution < 1.29 is 0 Å². The smallest absolute Gasteiger partial charge is 0.0244 e. The third kappa shape index (κ3) is 4.89. The van der Waals surface area contributed by atoms with Gasteiger partial charge < -0.3 is 5.73 Å². The minimum atomic E-state index is 0.606. The molecular formula is C16H34N2. The van der Waals surface area contributed by atoms with Gasteiger partial charge in [-0.2, -0.15) is 0 Å². The Morgan fingerprint density at radius 2 is 1.78 bits per heavy atom. The Labute approximate surface area is 114 Å². The molecule has 0 saturated carbocycles. The van der Waals surface area contributed by atoms with Crippen molar-refractivity contribution in [3.8, 4) is 0 Å². The summed E-state index contributed by atoms with van der Waals surface area (Å²) in [5.74, 6) is 2.49. The van der Waals surface area contributed by atoms with E-state index < -0.39 is 0 Å². The van der Waals surface area contributed by atoms with Crippen molar-refractivity contribution in [2.75, 3.05) is 19.6 Å². The fourth-order valence-corrected chi connectivity index (χ4v) is 3.62. The molecule has 18 heavy (non-hydrogen) atoms. The van der Waals surface area contributed by atoms with Gasteiger partial charge in [-0.25, -0.2) is 0 Å². The number of hydrogen-bond acceptors (Lipinski definition) is 2. The maximum absolute atomic E-state index is 6.03. The highest BCUT2D eigenvalue weighted by Crippen LogP contribution is 2.26. The second-order valence-corrected chi connectivity index (χ2v) is 6.68. The van der Waals surface area contributed by atoms with Crippen LogP contribution in [0.1, 0.15) is 59.8 Å². The number of rotatable bonds is 7. The predicted molar refractivity (Wildman–Crippen MR) is 80.7 cm³/mol. The predicted octanol–water partition coefficient (Wildman–Crippen LogP) is 3.51. The highest BCUT2D eigenvalue weighted by molar-refractivity contribution is 4.82. The summed E-state index contributed by atoms with van der Waals surface area (Å²) in [5, 5.41) is 0. The third-order valence-corrected chi connectivity index (χ3v) is 4.56. The van der Waals surface area contributed by atoms with E-state index in [-0.39, 0.29) is 0 Å². The molecule has 1 rings (SSSR count). The van der Waals surface area contributed by atoms with Crippen LogP contribution in [0.5, 0.6) is 0 Å². The number of nitrogens with zero attached hydrogens (tertiary/aromatic N) is 1. The number of likely N-dealkylation sites (tertiary alicyclic amines) is 1. The average Bonchev–Trinajstić information content (AvgIpc) is 2.31. The zero-order valence-electron chi connectivity index (χ0n) is 13.0. The van der Waals surface area contributed by atoms with E-state index in [9.17, 15) is 0 Å². The van der Waals surface area contributed by atoms with Crippen LogP contribution in [-0.4, -0.2) is 30.6 Å². The van der Waals surface area contributed by atoms with Crippen LogP contribution < -0.4 is 5.73 Å². The van der Waals surface area contributed by atoms with Crippen molar-refractivity contribution in [1.29, 1.82) is 0 Å². The van der Waals surface area contributed by atoms with Crippen molar-refractivity contribution in [3.05, 3.63) is 0 Å². The van der Waals surface area contributed by atoms with E-state index in [1.54, 1.807) is 0 Å². The fraction of sp³-hybridized carbons (Fsp3) is 1.00. The maximum atomic E-state index is 6.03. The van der Waals surface area contributed by atoms with Crippen LogP contribution in [0.3, 0.4) is 0 Å². The molecule has 1 fully saturated rings. The molecule has 108 valence electrons. The Morgan fingerprint density at radius 1 is 1.17 bits per heavy atom. The number of piperidine rings is 1. The highest BCUT2D eigenvalue weighted by atomic mass is 15.2. The molecule has 1 aliphatic rings. The molecule has 0 aromatic carbocycles. The molecular weight excluding hydrogens is 220 g/mol. The molecule has 2 unspecified atom stereocenters. The maximum Gasteiger partial charge on any atom is 0.0244 e. The Bertz CT molecular complexity index is 207. The zero-order valence-corrected chi connectivity index (χ0v) is 13.0. The van der Waals surface area contributed by atoms with Gasteiger partial charge in [0.05, 0.1) is 0 Å². The van der Waals surface area contributed by atoms with E-state index in [1.807, 2.05) is 0 Å². The first-order valence-electron chi connectivity index (χ1n) is 8.02. The van der Waals surface area contributed by atoms with Gasteiger partial charge in [0.1, 0.15) is 0 Å². The van der Waals surface area contributed by atoms with Crippen LogP contribution in [0.4, 0.5) is 0 Å². The lowest BCUT2D eigenvalue weighted by Gasteiger charge is -2.40. The second kappa shape index (κ2) is 8.16. The van der Waals surface area contributed by atoms with Crippen molar-refractivity contribution in [3.63, 3.8) is 0 Å². The number of hydrogen-bond donors (Lipinski definition) is 1. The average molecular weight is 254 g/mol. The third-order valence-electron chi connectivity index (χ3n) is 4.56. The Hall–Kier alpha value is -0.0800. The summed E-state index contributed by atoms with van der Waals surface area (Å²) in [4.78, 5) is 2.67. The van der Waals surface area contributed by atoms with E-state index in [1.165, 1.54) is 45.2 Å². The quantitative estimate of drug-likeness (QED) is 0.753. The van der Waals surface area contributed by atoms with Gasteiger partial charge in [-0.15, -0.1) is 0 Å². The summed E-state index contributed by atoms with van der Waals surface area (Å²) < 4.78 is 0. The summed E-state index contributed by atoms with van der Waals surface area (Å²) in [5.41, 5.74) is 6.03. The van der Waals surface area contributed by atoms with Gasteiger partial charge in [-0.1, -0.05) is 40.5 Å². The van der Waals surface area contributed by atoms with Crippen molar-refractivity contribution in [2.24, 2.45) is 23.5 Å². The molecule has 0 aliphatic carbocycles. The van der Waals surface area contributed by atoms with E-state index in [2.05, 4.69) is 32.6 Å². The van der Waals surface area contributed by atoms with E-state index in [0.717, 1.165) is 24.3 Å². The molecule has 0 radical (unpaired) electrons. The highest BCUT2D eigenvalue weighted by Gasteiger charge is 2.27. The summed E-state index contributed by atoms with van der Waals surface area (Å²) in [6.45, 7) is 12.7. The van der Waals surface area contributed by atoms with Gasteiger partial charge in [-0.05, 0) is 50.1 Å². The second-order valence-electron chi connectivity index (χ2n) is 6.68. The molecule has 2 atom stereocenters. The van der Waals surface area contributed by atoms with Gasteiger partial charge in [0.15, 0.2) is 0 Å². The van der Waals surface area contributed by atoms with Gasteiger partial charge in [0.2, 0.25) is 0 Å². The minimum Gasteiger partial charge on any atom is -0.329 e. The normalized spacial score (nSPS) is 22.3. The molecule has 1 heterocycles. The van der Waals surface area contributed by atoms with Crippen LogP contribution in [0.15, 0.2) is 0 Å². The summed E-state index contributed by atoms with van der Waals surface area (Å²) in [7, 11) is 0. The van der Waals surface area contributed by atoms with Crippen molar-refractivity contribution in [1.82, 2.24) is 4.90 Å². The fourth-order valence-electron chi connectivity index (χ4n) is 3.62. The molecule has 0 amide bonds. The van der Waals surface area contributed by atoms with Gasteiger partial charge in [-0.3, -0.25) is 4.90 Å². The summed E-state index contributed by atoms with van der Waals surface area (Å²) >= 11 is 0. The lowest BCUT2D eigenvalue weighted by Crippen LogP contribution is -2.48. The largest absolute Gasteiger partial charge is 0.329 e. The molecule has 0 bridgehead atoms. The van der Waals surface area contributed by atoms with E-state index in [0.29, 0.717) is 6.04 Å². The van der Waals surface area contributed by atoms with E-state index >= 15 is 0 Å². The molecule has 0 aromatic rings. The van der Waals surface area contributed by atoms with Crippen molar-refractivity contribution >= 4 is 0 Å². The van der Waals surface area contributed by atoms with Crippen LogP contribution in [0, 0.1) is 17.8 Å². The molecule has 2 N–H and O–H groups in total. The van der Waals surface area contributed by atoms with E-state index in [4.69, 9.17) is 5.73 Å². The Kier molecular flexibility index (Phi) is 7.25. The van der Waals surface area contributed by atoms with Crippen LogP contribution >= 0.6 is 0 Å². The van der Waals surface area contributed by atoms with Gasteiger partial charge in [0, 0.05) is 12.6 Å². The van der Waals surface area contributed by atoms with Crippen LogP contribution in [0.2, 0.25) is 0 Å². The summed E-state index contributed by atoms with van der Waals surface area (Å²) in [6.07, 6.45) is 6.84. The first kappa shape index (κ1) is 16.0. The lowest BCUT2D eigenvalue weighted by molar-refractivity contribution is 0.0938. The first-order chi connectivity index (χ1) is 8.58. The molecule has 0 spiro atoms. The van der Waals surface area contributed by atoms with Crippen molar-refractivity contribution in [2.45, 2.75) is 65.8 Å². The Morgan fingerprint density at radius 3 is 2.22 bits per heavy atom. The van der Waals surface area contributed by atoms with Crippen LogP contribution in [-0.2, 0) is 0 Å². The minimum absolute atomic E-state index is 0.606. The zero-order chi connectivity index (χ0) is 13.5. The number of nitrogens with two attached hydrogens (primary N) is 1. The molecule has 1 aliphatic heterocycles. The standard InChI is InChI=1S/C16H34N2/c1-5-6-15-7-9-18(10-8-15)16(12-17)14(4)11-13(2)3/h13-16H,5-12,17H2,1-4H3. The van der Waals surface area contributed by atoms with Gasteiger partial charge in [0.25, 0.3) is 0 Å². The SMILES string of the molecule is CCCC1CCN(C(CN)C(C)CC(C)C)CC1. The van der Waals surface area contributed by atoms with Gasteiger partial charge >= 0.3 is 0 Å². The molecule has 2 nitrogen and oxygen atoms in total. The topological polar surface area (TPSA) is 29.3 Å². The lowest BCUT2D eigenvalue weighted by atomic mass is 9.87. The first-order valence-corrected chi connectivity index (χ1v) is 8.02. The monoisotopic (exact) mass is 254 g/mol. The summed E-state index contributed by atoms with van der Waals surface area (Å²) in [6, 6.07) is 0.606.